The molecule has 3 rings (SSSR count). The van der Waals surface area contributed by atoms with Crippen molar-refractivity contribution < 1.29 is 23.9 Å². The molecule has 1 saturated carbocycles. The first-order valence-corrected chi connectivity index (χ1v) is 10.0. The summed E-state index contributed by atoms with van der Waals surface area (Å²) in [5, 5.41) is 5.48. The summed E-state index contributed by atoms with van der Waals surface area (Å²) in [7, 11) is 0. The van der Waals surface area contributed by atoms with E-state index in [1.165, 1.54) is 0 Å². The van der Waals surface area contributed by atoms with Gasteiger partial charge >= 0.3 is 12.0 Å². The summed E-state index contributed by atoms with van der Waals surface area (Å²) in [5.74, 6) is -1.58. The van der Waals surface area contributed by atoms with Gasteiger partial charge in [-0.05, 0) is 49.7 Å². The molecule has 2 aliphatic rings. The molecule has 1 aliphatic heterocycles. The monoisotopic (exact) mass is 401 g/mol. The number of nitrogens with one attached hydrogen (secondary N) is 2. The van der Waals surface area contributed by atoms with E-state index < -0.39 is 42.5 Å². The molecule has 1 heterocycles. The normalized spacial score (nSPS) is 21.1. The molecule has 156 valence electrons. The van der Waals surface area contributed by atoms with Gasteiger partial charge in [0.05, 0.1) is 0 Å². The lowest BCUT2D eigenvalue weighted by molar-refractivity contribution is -0.150. The van der Waals surface area contributed by atoms with Crippen LogP contribution in [0.3, 0.4) is 0 Å². The Morgan fingerprint density at radius 3 is 2.38 bits per heavy atom. The summed E-state index contributed by atoms with van der Waals surface area (Å²) in [6, 6.07) is 5.22. The Labute approximate surface area is 170 Å². The van der Waals surface area contributed by atoms with Crippen LogP contribution in [0.25, 0.3) is 0 Å². The number of benzene rings is 1. The zero-order valence-corrected chi connectivity index (χ0v) is 17.0. The van der Waals surface area contributed by atoms with Crippen LogP contribution in [0.4, 0.5) is 10.5 Å². The van der Waals surface area contributed by atoms with E-state index >= 15 is 0 Å². The molecule has 1 aromatic rings. The maximum absolute atomic E-state index is 12.5. The number of ether oxygens (including phenoxy) is 1. The first kappa shape index (κ1) is 20.8. The van der Waals surface area contributed by atoms with Crippen molar-refractivity contribution in [2.24, 2.45) is 5.92 Å². The fourth-order valence-electron chi connectivity index (χ4n) is 3.70. The van der Waals surface area contributed by atoms with Crippen molar-refractivity contribution in [1.82, 2.24) is 10.2 Å². The van der Waals surface area contributed by atoms with Gasteiger partial charge in [-0.25, -0.2) is 4.79 Å². The summed E-state index contributed by atoms with van der Waals surface area (Å²) in [4.78, 5) is 49.9. The van der Waals surface area contributed by atoms with Crippen molar-refractivity contribution >= 4 is 29.5 Å². The lowest BCUT2D eigenvalue weighted by Gasteiger charge is -2.20. The number of nitrogens with zero attached hydrogens (tertiary/aromatic N) is 1. The molecule has 1 saturated heterocycles. The Bertz CT molecular complexity index is 826. The topological polar surface area (TPSA) is 105 Å². The second-order valence-corrected chi connectivity index (χ2v) is 7.67. The number of urea groups is 1. The van der Waals surface area contributed by atoms with Gasteiger partial charge in [-0.1, -0.05) is 32.0 Å². The van der Waals surface area contributed by atoms with Gasteiger partial charge < -0.3 is 15.4 Å². The third kappa shape index (κ3) is 4.26. The molecular weight excluding hydrogens is 374 g/mol. The standard InChI is InChI=1S/C21H27N3O5/c1-4-13-7-6-8-14(5-2)18(13)22-16(25)12-29-17(26)11-24-19(27)21(3,15-9-10-15)23-20(24)28/h6-8,15H,4-5,9-12H2,1-3H3,(H,22,25)(H,23,28)/t21-/m0/s1. The summed E-state index contributed by atoms with van der Waals surface area (Å²) in [6.07, 6.45) is 3.27. The van der Waals surface area contributed by atoms with E-state index in [-0.39, 0.29) is 5.92 Å². The second kappa shape index (κ2) is 8.23. The first-order chi connectivity index (χ1) is 13.8. The summed E-state index contributed by atoms with van der Waals surface area (Å²) < 4.78 is 5.00. The van der Waals surface area contributed by atoms with Crippen molar-refractivity contribution in [3.63, 3.8) is 0 Å². The number of anilines is 1. The molecule has 0 unspecified atom stereocenters. The summed E-state index contributed by atoms with van der Waals surface area (Å²) >= 11 is 0. The van der Waals surface area contributed by atoms with Crippen LogP contribution in [-0.2, 0) is 32.0 Å². The van der Waals surface area contributed by atoms with Gasteiger partial charge in [-0.3, -0.25) is 19.3 Å². The molecule has 8 nitrogen and oxygen atoms in total. The van der Waals surface area contributed by atoms with E-state index in [2.05, 4.69) is 10.6 Å². The molecule has 29 heavy (non-hydrogen) atoms. The SMILES string of the molecule is CCc1cccc(CC)c1NC(=O)COC(=O)CN1C(=O)N[C@@](C)(C2CC2)C1=O. The van der Waals surface area contributed by atoms with Gasteiger partial charge in [0.25, 0.3) is 11.8 Å². The zero-order valence-electron chi connectivity index (χ0n) is 17.0. The minimum Gasteiger partial charge on any atom is -0.454 e. The number of para-hydroxylation sites is 1. The van der Waals surface area contributed by atoms with Crippen molar-refractivity contribution in [2.45, 2.75) is 52.0 Å². The van der Waals surface area contributed by atoms with Crippen LogP contribution in [0.1, 0.15) is 44.7 Å². The van der Waals surface area contributed by atoms with Gasteiger partial charge in [0.1, 0.15) is 12.1 Å². The van der Waals surface area contributed by atoms with Crippen LogP contribution in [0.5, 0.6) is 0 Å². The minimum absolute atomic E-state index is 0.108. The zero-order chi connectivity index (χ0) is 21.2. The maximum atomic E-state index is 12.5. The second-order valence-electron chi connectivity index (χ2n) is 7.67. The average Bonchev–Trinajstić information content (AvgIpc) is 3.52. The van der Waals surface area contributed by atoms with Crippen molar-refractivity contribution in [3.8, 4) is 0 Å². The molecule has 2 fully saturated rings. The largest absolute Gasteiger partial charge is 0.454 e. The van der Waals surface area contributed by atoms with E-state index in [1.807, 2.05) is 32.0 Å². The van der Waals surface area contributed by atoms with Gasteiger partial charge in [-0.15, -0.1) is 0 Å². The number of amides is 4. The molecule has 8 heteroatoms. The van der Waals surface area contributed by atoms with Crippen LogP contribution in [0, 0.1) is 5.92 Å². The first-order valence-electron chi connectivity index (χ1n) is 10.0. The van der Waals surface area contributed by atoms with Crippen molar-refractivity contribution in [2.75, 3.05) is 18.5 Å². The predicted molar refractivity (Wildman–Crippen MR) is 106 cm³/mol. The maximum Gasteiger partial charge on any atom is 0.326 e. The third-order valence-electron chi connectivity index (χ3n) is 5.61. The number of esters is 1. The van der Waals surface area contributed by atoms with Crippen molar-refractivity contribution in [1.29, 1.82) is 0 Å². The van der Waals surface area contributed by atoms with E-state index in [1.54, 1.807) is 6.92 Å². The van der Waals surface area contributed by atoms with E-state index in [4.69, 9.17) is 4.74 Å². The fourth-order valence-corrected chi connectivity index (χ4v) is 3.70. The van der Waals surface area contributed by atoms with Crippen LogP contribution in [-0.4, -0.2) is 47.4 Å². The predicted octanol–water partition coefficient (Wildman–Crippen LogP) is 2.01. The molecule has 4 amide bonds. The molecule has 1 aromatic carbocycles. The Balaban J connectivity index is 1.54. The highest BCUT2D eigenvalue weighted by molar-refractivity contribution is 6.09. The average molecular weight is 401 g/mol. The van der Waals surface area contributed by atoms with Gasteiger partial charge in [0, 0.05) is 5.69 Å². The highest BCUT2D eigenvalue weighted by atomic mass is 16.5. The Kier molecular flexibility index (Phi) is 5.91. The lowest BCUT2D eigenvalue weighted by Crippen LogP contribution is -2.46. The third-order valence-corrected chi connectivity index (χ3v) is 5.61. The smallest absolute Gasteiger partial charge is 0.326 e. The van der Waals surface area contributed by atoms with Gasteiger partial charge in [0.2, 0.25) is 0 Å². The Hall–Kier alpha value is -2.90. The molecule has 1 atom stereocenters. The van der Waals surface area contributed by atoms with Gasteiger partial charge in [-0.2, -0.15) is 0 Å². The summed E-state index contributed by atoms with van der Waals surface area (Å²) in [5.41, 5.74) is 1.80. The van der Waals surface area contributed by atoms with Crippen LogP contribution in [0.2, 0.25) is 0 Å². The molecular formula is C21H27N3O5. The summed E-state index contributed by atoms with van der Waals surface area (Å²) in [6.45, 7) is 4.69. The number of rotatable bonds is 8. The number of hydrogen-bond donors (Lipinski definition) is 2. The molecule has 1 aliphatic carbocycles. The number of carbonyl (C=O) groups excluding carboxylic acids is 4. The van der Waals surface area contributed by atoms with Gasteiger partial charge in [0.15, 0.2) is 6.61 Å². The highest BCUT2D eigenvalue weighted by Crippen LogP contribution is 2.42. The van der Waals surface area contributed by atoms with Crippen LogP contribution >= 0.6 is 0 Å². The number of aryl methyl sites for hydroxylation is 2. The van der Waals surface area contributed by atoms with E-state index in [0.717, 1.165) is 47.4 Å². The minimum atomic E-state index is -0.949. The number of imide groups is 1. The molecule has 0 bridgehead atoms. The number of carbonyl (C=O) groups is 4. The Morgan fingerprint density at radius 1 is 1.21 bits per heavy atom. The number of hydrogen-bond acceptors (Lipinski definition) is 5. The molecule has 0 radical (unpaired) electrons. The Morgan fingerprint density at radius 2 is 1.83 bits per heavy atom. The fraction of sp³-hybridized carbons (Fsp3) is 0.524. The molecule has 0 spiro atoms. The lowest BCUT2D eigenvalue weighted by atomic mass is 9.96. The van der Waals surface area contributed by atoms with E-state index in [9.17, 15) is 19.2 Å². The van der Waals surface area contributed by atoms with E-state index in [0.29, 0.717) is 0 Å². The van der Waals surface area contributed by atoms with Crippen LogP contribution < -0.4 is 10.6 Å². The highest BCUT2D eigenvalue weighted by Gasteiger charge is 2.56. The molecule has 0 aromatic heterocycles. The van der Waals surface area contributed by atoms with Crippen LogP contribution in [0.15, 0.2) is 18.2 Å². The van der Waals surface area contributed by atoms with Crippen molar-refractivity contribution in [3.05, 3.63) is 29.3 Å². The quantitative estimate of drug-likeness (QED) is 0.512. The molecule has 2 N–H and O–H groups in total.